The third-order valence-electron chi connectivity index (χ3n) is 4.14. The first-order chi connectivity index (χ1) is 10.0. The highest BCUT2D eigenvalue weighted by Crippen LogP contribution is 2.25. The van der Waals surface area contributed by atoms with Gasteiger partial charge in [0.1, 0.15) is 0 Å². The van der Waals surface area contributed by atoms with Crippen LogP contribution in [0.4, 0.5) is 0 Å². The first kappa shape index (κ1) is 16.0. The molecule has 116 valence electrons. The Morgan fingerprint density at radius 2 is 2.19 bits per heavy atom. The van der Waals surface area contributed by atoms with Crippen molar-refractivity contribution < 1.29 is 9.53 Å². The van der Waals surface area contributed by atoms with Crippen LogP contribution in [0.1, 0.15) is 37.3 Å². The molecule has 1 aliphatic rings. The van der Waals surface area contributed by atoms with E-state index in [9.17, 15) is 4.79 Å². The summed E-state index contributed by atoms with van der Waals surface area (Å²) in [4.78, 5) is 12.5. The van der Waals surface area contributed by atoms with Gasteiger partial charge in [0.2, 0.25) is 5.91 Å². The third kappa shape index (κ3) is 4.29. The number of carbonyl (C=O) groups is 1. The Hall–Kier alpha value is -1.39. The van der Waals surface area contributed by atoms with Crippen LogP contribution in [0.3, 0.4) is 0 Å². The summed E-state index contributed by atoms with van der Waals surface area (Å²) in [6, 6.07) is 8.18. The zero-order chi connectivity index (χ0) is 15.3. The molecule has 0 spiro atoms. The number of nitrogens with one attached hydrogen (secondary N) is 2. The van der Waals surface area contributed by atoms with Gasteiger partial charge in [-0.05, 0) is 23.0 Å². The number of benzene rings is 1. The van der Waals surface area contributed by atoms with Crippen LogP contribution < -0.4 is 10.6 Å². The molecule has 0 aliphatic carbocycles. The lowest BCUT2D eigenvalue weighted by atomic mass is 9.88. The fourth-order valence-corrected chi connectivity index (χ4v) is 2.65. The van der Waals surface area contributed by atoms with E-state index in [1.54, 1.807) is 7.11 Å². The summed E-state index contributed by atoms with van der Waals surface area (Å²) in [5, 5.41) is 6.43. The van der Waals surface area contributed by atoms with Gasteiger partial charge in [-0.3, -0.25) is 4.79 Å². The fourth-order valence-electron chi connectivity index (χ4n) is 2.65. The smallest absolute Gasteiger partial charge is 0.228 e. The molecule has 2 rings (SSSR count). The Bertz CT molecular complexity index is 485. The average Bonchev–Trinajstić information content (AvgIpc) is 2.50. The molecular formula is C17H26N2O2. The highest BCUT2D eigenvalue weighted by Gasteiger charge is 2.27. The lowest BCUT2D eigenvalue weighted by Crippen LogP contribution is -2.42. The molecule has 0 saturated carbocycles. The minimum absolute atomic E-state index is 0.0489. The standard InChI is InChI=1S/C17H26N2O2/c1-17(2,8-9-21-3)12-19-16(20)15-11-18-10-13-6-4-5-7-14(13)15/h4-7,15,18H,8-12H2,1-3H3,(H,19,20). The Labute approximate surface area is 127 Å². The number of ether oxygens (including phenoxy) is 1. The molecule has 1 unspecified atom stereocenters. The van der Waals surface area contributed by atoms with Gasteiger partial charge in [0.15, 0.2) is 0 Å². The van der Waals surface area contributed by atoms with E-state index in [2.05, 4.69) is 36.6 Å². The number of methoxy groups -OCH3 is 1. The molecule has 21 heavy (non-hydrogen) atoms. The van der Waals surface area contributed by atoms with Crippen molar-refractivity contribution in [1.29, 1.82) is 0 Å². The highest BCUT2D eigenvalue weighted by atomic mass is 16.5. The van der Waals surface area contributed by atoms with Gasteiger partial charge in [-0.15, -0.1) is 0 Å². The second kappa shape index (κ2) is 7.05. The molecule has 1 atom stereocenters. The number of fused-ring (bicyclic) bond motifs is 1. The molecule has 1 aromatic rings. The molecule has 4 heteroatoms. The van der Waals surface area contributed by atoms with Crippen LogP contribution in [0.2, 0.25) is 0 Å². The van der Waals surface area contributed by atoms with E-state index >= 15 is 0 Å². The summed E-state index contributed by atoms with van der Waals surface area (Å²) >= 11 is 0. The van der Waals surface area contributed by atoms with E-state index < -0.39 is 0 Å². The van der Waals surface area contributed by atoms with Gasteiger partial charge >= 0.3 is 0 Å². The molecule has 1 amide bonds. The van der Waals surface area contributed by atoms with E-state index in [1.807, 2.05) is 12.1 Å². The van der Waals surface area contributed by atoms with Crippen LogP contribution in [0.5, 0.6) is 0 Å². The predicted octanol–water partition coefficient (Wildman–Crippen LogP) is 2.05. The van der Waals surface area contributed by atoms with Gasteiger partial charge in [0, 0.05) is 33.4 Å². The average molecular weight is 290 g/mol. The minimum atomic E-state index is -0.0897. The van der Waals surface area contributed by atoms with Gasteiger partial charge in [0.25, 0.3) is 0 Å². The molecule has 4 nitrogen and oxygen atoms in total. The van der Waals surface area contributed by atoms with Gasteiger partial charge < -0.3 is 15.4 Å². The third-order valence-corrected chi connectivity index (χ3v) is 4.14. The molecular weight excluding hydrogens is 264 g/mol. The first-order valence-corrected chi connectivity index (χ1v) is 7.59. The van der Waals surface area contributed by atoms with Crippen LogP contribution in [0, 0.1) is 5.41 Å². The van der Waals surface area contributed by atoms with Crippen LogP contribution in [0.15, 0.2) is 24.3 Å². The van der Waals surface area contributed by atoms with Gasteiger partial charge in [-0.25, -0.2) is 0 Å². The van der Waals surface area contributed by atoms with Crippen molar-refractivity contribution in [2.75, 3.05) is 26.8 Å². The van der Waals surface area contributed by atoms with Crippen molar-refractivity contribution in [3.05, 3.63) is 35.4 Å². The Morgan fingerprint density at radius 3 is 2.95 bits per heavy atom. The zero-order valence-corrected chi connectivity index (χ0v) is 13.2. The zero-order valence-electron chi connectivity index (χ0n) is 13.2. The molecule has 1 heterocycles. The molecule has 0 radical (unpaired) electrons. The Kier molecular flexibility index (Phi) is 5.37. The number of hydrogen-bond acceptors (Lipinski definition) is 3. The summed E-state index contributed by atoms with van der Waals surface area (Å²) < 4.78 is 5.12. The molecule has 1 aromatic carbocycles. The lowest BCUT2D eigenvalue weighted by Gasteiger charge is -2.29. The minimum Gasteiger partial charge on any atom is -0.385 e. The van der Waals surface area contributed by atoms with E-state index in [0.717, 1.165) is 25.1 Å². The summed E-state index contributed by atoms with van der Waals surface area (Å²) in [6.45, 7) is 7.25. The van der Waals surface area contributed by atoms with E-state index in [0.29, 0.717) is 13.1 Å². The van der Waals surface area contributed by atoms with Crippen molar-refractivity contribution in [3.8, 4) is 0 Å². The normalized spacial score (nSPS) is 18.1. The van der Waals surface area contributed by atoms with Crippen LogP contribution >= 0.6 is 0 Å². The van der Waals surface area contributed by atoms with Gasteiger partial charge in [-0.1, -0.05) is 38.1 Å². The topological polar surface area (TPSA) is 50.4 Å². The largest absolute Gasteiger partial charge is 0.385 e. The van der Waals surface area contributed by atoms with E-state index in [1.165, 1.54) is 5.56 Å². The van der Waals surface area contributed by atoms with Crippen molar-refractivity contribution in [1.82, 2.24) is 10.6 Å². The highest BCUT2D eigenvalue weighted by molar-refractivity contribution is 5.84. The van der Waals surface area contributed by atoms with E-state index in [-0.39, 0.29) is 17.2 Å². The van der Waals surface area contributed by atoms with Crippen molar-refractivity contribution >= 4 is 5.91 Å². The molecule has 0 fully saturated rings. The lowest BCUT2D eigenvalue weighted by molar-refractivity contribution is -0.123. The van der Waals surface area contributed by atoms with E-state index in [4.69, 9.17) is 4.74 Å². The number of rotatable bonds is 6. The van der Waals surface area contributed by atoms with Gasteiger partial charge in [-0.2, -0.15) is 0 Å². The maximum Gasteiger partial charge on any atom is 0.228 e. The molecule has 0 saturated heterocycles. The second-order valence-electron chi connectivity index (χ2n) is 6.51. The summed E-state index contributed by atoms with van der Waals surface area (Å²) in [5.41, 5.74) is 2.43. The molecule has 1 aliphatic heterocycles. The molecule has 0 aromatic heterocycles. The second-order valence-corrected chi connectivity index (χ2v) is 6.51. The Morgan fingerprint density at radius 1 is 1.43 bits per heavy atom. The monoisotopic (exact) mass is 290 g/mol. The Balaban J connectivity index is 1.96. The SMILES string of the molecule is COCCC(C)(C)CNC(=O)C1CNCc2ccccc21. The maximum absolute atomic E-state index is 12.5. The summed E-state index contributed by atoms with van der Waals surface area (Å²) in [5.74, 6) is 0.0216. The predicted molar refractivity (Wildman–Crippen MR) is 84.2 cm³/mol. The quantitative estimate of drug-likeness (QED) is 0.843. The molecule has 0 bridgehead atoms. The number of amides is 1. The van der Waals surface area contributed by atoms with Gasteiger partial charge in [0.05, 0.1) is 5.92 Å². The van der Waals surface area contributed by atoms with Crippen molar-refractivity contribution in [3.63, 3.8) is 0 Å². The summed E-state index contributed by atoms with van der Waals surface area (Å²) in [6.07, 6.45) is 0.934. The number of carbonyl (C=O) groups excluding carboxylic acids is 1. The van der Waals surface area contributed by atoms with Crippen molar-refractivity contribution in [2.24, 2.45) is 5.41 Å². The number of hydrogen-bond donors (Lipinski definition) is 2. The fraction of sp³-hybridized carbons (Fsp3) is 0.588. The maximum atomic E-state index is 12.5. The van der Waals surface area contributed by atoms with Crippen LogP contribution in [-0.4, -0.2) is 32.7 Å². The molecule has 2 N–H and O–H groups in total. The van der Waals surface area contributed by atoms with Crippen molar-refractivity contribution in [2.45, 2.75) is 32.7 Å². The first-order valence-electron chi connectivity index (χ1n) is 7.59. The van der Waals surface area contributed by atoms with Crippen LogP contribution in [0.25, 0.3) is 0 Å². The van der Waals surface area contributed by atoms with Crippen LogP contribution in [-0.2, 0) is 16.1 Å². The summed E-state index contributed by atoms with van der Waals surface area (Å²) in [7, 11) is 1.71.